The van der Waals surface area contributed by atoms with Crippen molar-refractivity contribution >= 4 is 0 Å². The molecule has 4 aromatic rings. The van der Waals surface area contributed by atoms with Gasteiger partial charge < -0.3 is 25.3 Å². The van der Waals surface area contributed by atoms with Gasteiger partial charge in [0.25, 0.3) is 0 Å². The van der Waals surface area contributed by atoms with Gasteiger partial charge in [-0.2, -0.15) is 0 Å². The molecular formula is C27H30N6O. The fourth-order valence-electron chi connectivity index (χ4n) is 5.08. The van der Waals surface area contributed by atoms with E-state index in [2.05, 4.69) is 62.0 Å². The summed E-state index contributed by atoms with van der Waals surface area (Å²) in [5.41, 5.74) is 6.37. The molecular weight excluding hydrogens is 424 g/mol. The third-order valence-electron chi connectivity index (χ3n) is 6.98. The van der Waals surface area contributed by atoms with E-state index >= 15 is 0 Å². The van der Waals surface area contributed by atoms with Gasteiger partial charge in [-0.3, -0.25) is 0 Å². The lowest BCUT2D eigenvalue weighted by atomic mass is 9.99. The highest BCUT2D eigenvalue weighted by molar-refractivity contribution is 5.77. The molecule has 7 heteroatoms. The summed E-state index contributed by atoms with van der Waals surface area (Å²) in [6.45, 7) is 2.11. The number of benzene rings is 2. The number of hydrogen-bond acceptors (Lipinski definition) is 5. The van der Waals surface area contributed by atoms with Gasteiger partial charge in [0.05, 0.1) is 36.8 Å². The molecule has 34 heavy (non-hydrogen) atoms. The molecule has 2 aliphatic rings. The number of methoxy groups -OCH3 is 1. The van der Waals surface area contributed by atoms with Gasteiger partial charge in [0.15, 0.2) is 0 Å². The second-order valence-corrected chi connectivity index (χ2v) is 9.14. The van der Waals surface area contributed by atoms with Crippen molar-refractivity contribution in [2.24, 2.45) is 0 Å². The van der Waals surface area contributed by atoms with E-state index in [0.29, 0.717) is 12.1 Å². The van der Waals surface area contributed by atoms with E-state index in [1.807, 2.05) is 18.5 Å². The van der Waals surface area contributed by atoms with Crippen LogP contribution in [0.2, 0.25) is 0 Å². The van der Waals surface area contributed by atoms with Crippen molar-refractivity contribution in [3.8, 4) is 39.4 Å². The lowest BCUT2D eigenvalue weighted by Crippen LogP contribution is -2.14. The number of imidazole rings is 2. The summed E-state index contributed by atoms with van der Waals surface area (Å²) in [4.78, 5) is 16.3. The number of rotatable bonds is 6. The maximum atomic E-state index is 5.66. The van der Waals surface area contributed by atoms with E-state index in [0.717, 1.165) is 77.0 Å². The van der Waals surface area contributed by atoms with Crippen molar-refractivity contribution in [1.29, 1.82) is 0 Å². The zero-order valence-electron chi connectivity index (χ0n) is 19.4. The average molecular weight is 455 g/mol. The molecule has 0 amide bonds. The Kier molecular flexibility index (Phi) is 5.65. The second-order valence-electron chi connectivity index (χ2n) is 9.14. The summed E-state index contributed by atoms with van der Waals surface area (Å²) < 4.78 is 5.66. The molecule has 2 saturated heterocycles. The summed E-state index contributed by atoms with van der Waals surface area (Å²) in [5, 5.41) is 7.00. The smallest absolute Gasteiger partial charge is 0.128 e. The Morgan fingerprint density at radius 2 is 1.56 bits per heavy atom. The fourth-order valence-corrected chi connectivity index (χ4v) is 5.08. The van der Waals surface area contributed by atoms with Gasteiger partial charge in [0.1, 0.15) is 17.4 Å². The van der Waals surface area contributed by atoms with Crippen LogP contribution in [0.1, 0.15) is 49.4 Å². The minimum Gasteiger partial charge on any atom is -0.496 e. The number of H-pyrrole nitrogens is 2. The van der Waals surface area contributed by atoms with Crippen molar-refractivity contribution in [3.63, 3.8) is 0 Å². The molecule has 0 aliphatic carbocycles. The first-order valence-electron chi connectivity index (χ1n) is 12.1. The van der Waals surface area contributed by atoms with Crippen LogP contribution in [-0.2, 0) is 0 Å². The molecule has 2 aliphatic heterocycles. The predicted molar refractivity (Wildman–Crippen MR) is 134 cm³/mol. The highest BCUT2D eigenvalue weighted by atomic mass is 16.5. The molecule has 0 unspecified atom stereocenters. The molecule has 4 heterocycles. The molecule has 2 fully saturated rings. The van der Waals surface area contributed by atoms with Gasteiger partial charge in [-0.05, 0) is 67.6 Å². The minimum absolute atomic E-state index is 0.308. The van der Waals surface area contributed by atoms with Crippen molar-refractivity contribution < 1.29 is 4.74 Å². The first-order chi connectivity index (χ1) is 16.8. The summed E-state index contributed by atoms with van der Waals surface area (Å²) in [5.74, 6) is 2.85. The van der Waals surface area contributed by atoms with Gasteiger partial charge in [-0.25, -0.2) is 9.97 Å². The normalized spacial score (nSPS) is 20.1. The van der Waals surface area contributed by atoms with Crippen molar-refractivity contribution in [2.45, 2.75) is 37.8 Å². The van der Waals surface area contributed by atoms with Crippen LogP contribution >= 0.6 is 0 Å². The third-order valence-corrected chi connectivity index (χ3v) is 6.98. The van der Waals surface area contributed by atoms with E-state index in [9.17, 15) is 0 Å². The number of hydrogen-bond donors (Lipinski definition) is 4. The maximum absolute atomic E-state index is 5.66. The van der Waals surface area contributed by atoms with Crippen LogP contribution in [0.5, 0.6) is 5.75 Å². The quantitative estimate of drug-likeness (QED) is 0.329. The Balaban J connectivity index is 1.26. The minimum atomic E-state index is 0.308. The Morgan fingerprint density at radius 3 is 2.26 bits per heavy atom. The molecule has 0 bridgehead atoms. The number of aromatic amines is 2. The van der Waals surface area contributed by atoms with E-state index in [1.165, 1.54) is 12.8 Å². The predicted octanol–water partition coefficient (Wildman–Crippen LogP) is 4.99. The van der Waals surface area contributed by atoms with Crippen LogP contribution in [0.4, 0.5) is 0 Å². The zero-order valence-corrected chi connectivity index (χ0v) is 19.4. The summed E-state index contributed by atoms with van der Waals surface area (Å²) in [6.07, 6.45) is 8.56. The van der Waals surface area contributed by atoms with Crippen LogP contribution < -0.4 is 15.4 Å². The van der Waals surface area contributed by atoms with Gasteiger partial charge in [0.2, 0.25) is 0 Å². The summed E-state index contributed by atoms with van der Waals surface area (Å²) in [6, 6.07) is 15.6. The molecule has 0 radical (unpaired) electrons. The number of nitrogens with one attached hydrogen (secondary N) is 4. The third kappa shape index (κ3) is 4.02. The number of nitrogens with zero attached hydrogens (tertiary/aromatic N) is 2. The monoisotopic (exact) mass is 454 g/mol. The molecule has 2 aromatic heterocycles. The second kappa shape index (κ2) is 9.08. The lowest BCUT2D eigenvalue weighted by molar-refractivity contribution is 0.416. The van der Waals surface area contributed by atoms with E-state index in [-0.39, 0.29) is 0 Å². The molecule has 174 valence electrons. The molecule has 7 nitrogen and oxygen atoms in total. The highest BCUT2D eigenvalue weighted by Gasteiger charge is 2.21. The molecule has 0 spiro atoms. The average Bonchev–Trinajstić information content (AvgIpc) is 3.70. The van der Waals surface area contributed by atoms with Gasteiger partial charge >= 0.3 is 0 Å². The summed E-state index contributed by atoms with van der Waals surface area (Å²) >= 11 is 0. The standard InChI is InChI=1S/C27H30N6O/c1-34-25-11-10-19(14-20(25)24-16-31-27(33-24)22-5-3-13-29-22)17-6-8-18(9-7-17)23-15-30-26(32-23)21-4-2-12-28-21/h6-11,14-16,21-22,28-29H,2-5,12-13H2,1H3,(H,30,32)(H,31,33)/t21-,22-/m0/s1. The van der Waals surface area contributed by atoms with Crippen LogP contribution in [0.3, 0.4) is 0 Å². The Bertz CT molecular complexity index is 1260. The van der Waals surface area contributed by atoms with Crippen LogP contribution in [0.25, 0.3) is 33.6 Å². The Labute approximate surface area is 199 Å². The van der Waals surface area contributed by atoms with Gasteiger partial charge in [-0.15, -0.1) is 0 Å². The molecule has 2 aromatic carbocycles. The van der Waals surface area contributed by atoms with Gasteiger partial charge in [0, 0.05) is 11.8 Å². The largest absolute Gasteiger partial charge is 0.496 e. The number of ether oxygens (including phenoxy) is 1. The van der Waals surface area contributed by atoms with E-state index < -0.39 is 0 Å². The van der Waals surface area contributed by atoms with Crippen molar-refractivity contribution in [1.82, 2.24) is 30.6 Å². The maximum Gasteiger partial charge on any atom is 0.128 e. The van der Waals surface area contributed by atoms with Crippen LogP contribution in [0, 0.1) is 0 Å². The lowest BCUT2D eigenvalue weighted by Gasteiger charge is -2.10. The highest BCUT2D eigenvalue weighted by Crippen LogP contribution is 2.35. The van der Waals surface area contributed by atoms with Crippen LogP contribution in [-0.4, -0.2) is 40.1 Å². The number of aromatic nitrogens is 4. The Hall–Kier alpha value is -3.42. The molecule has 0 saturated carbocycles. The molecule has 4 N–H and O–H groups in total. The first-order valence-corrected chi connectivity index (χ1v) is 12.1. The first kappa shape index (κ1) is 21.1. The van der Waals surface area contributed by atoms with E-state index in [4.69, 9.17) is 9.72 Å². The van der Waals surface area contributed by atoms with Gasteiger partial charge in [-0.1, -0.05) is 30.3 Å². The Morgan fingerprint density at radius 1 is 0.853 bits per heavy atom. The SMILES string of the molecule is COc1ccc(-c2ccc(-c3cnc([C@@H]4CCCN4)[nH]3)cc2)cc1-c1c[nH]c([C@@H]2CCCN2)n1. The molecule has 6 rings (SSSR count). The zero-order chi connectivity index (χ0) is 22.9. The summed E-state index contributed by atoms with van der Waals surface area (Å²) in [7, 11) is 1.71. The fraction of sp³-hybridized carbons (Fsp3) is 0.333. The van der Waals surface area contributed by atoms with Crippen LogP contribution in [0.15, 0.2) is 54.9 Å². The van der Waals surface area contributed by atoms with Crippen molar-refractivity contribution in [3.05, 3.63) is 66.5 Å². The van der Waals surface area contributed by atoms with E-state index in [1.54, 1.807) is 7.11 Å². The molecule has 2 atom stereocenters. The topological polar surface area (TPSA) is 90.6 Å². The van der Waals surface area contributed by atoms with Crippen molar-refractivity contribution in [2.75, 3.05) is 20.2 Å².